The second-order valence-corrected chi connectivity index (χ2v) is 5.00. The van der Waals surface area contributed by atoms with Crippen molar-refractivity contribution in [3.8, 4) is 0 Å². The van der Waals surface area contributed by atoms with E-state index < -0.39 is 0 Å². The molecule has 2 N–H and O–H groups in total. The van der Waals surface area contributed by atoms with Crippen LogP contribution in [0.15, 0.2) is 53.6 Å². The van der Waals surface area contributed by atoms with Gasteiger partial charge in [-0.25, -0.2) is 0 Å². The summed E-state index contributed by atoms with van der Waals surface area (Å²) in [4.78, 5) is 16.3. The topological polar surface area (TPSA) is 73.8 Å². The van der Waals surface area contributed by atoms with Gasteiger partial charge in [0.2, 0.25) is 5.43 Å². The highest BCUT2D eigenvalue weighted by molar-refractivity contribution is 7.80. The van der Waals surface area contributed by atoms with Crippen LogP contribution in [0.4, 0.5) is 0 Å². The average molecular weight is 296 g/mol. The number of pyridine rings is 1. The second-order valence-electron chi connectivity index (χ2n) is 4.56. The number of nitrogens with zero attached hydrogens (tertiary/aromatic N) is 3. The van der Waals surface area contributed by atoms with Gasteiger partial charge in [0.1, 0.15) is 10.7 Å². The smallest absolute Gasteiger partial charge is 0.207 e. The molecule has 3 aromatic rings. The Bertz CT molecular complexity index is 888. The molecule has 0 fully saturated rings. The Morgan fingerprint density at radius 1 is 1.24 bits per heavy atom. The van der Waals surface area contributed by atoms with E-state index in [0.29, 0.717) is 17.6 Å². The maximum atomic E-state index is 11.8. The first kappa shape index (κ1) is 13.4. The number of benzene rings is 1. The van der Waals surface area contributed by atoms with E-state index in [0.717, 1.165) is 11.1 Å². The first-order valence-electron chi connectivity index (χ1n) is 6.35. The zero-order valence-electron chi connectivity index (χ0n) is 11.1. The molecule has 0 aliphatic rings. The number of aromatic nitrogens is 3. The normalized spacial score (nSPS) is 10.7. The minimum atomic E-state index is -0.0948. The Labute approximate surface area is 126 Å². The van der Waals surface area contributed by atoms with Crippen molar-refractivity contribution >= 4 is 28.1 Å². The zero-order valence-corrected chi connectivity index (χ0v) is 11.9. The van der Waals surface area contributed by atoms with Crippen molar-refractivity contribution < 1.29 is 0 Å². The molecule has 2 heterocycles. The van der Waals surface area contributed by atoms with Crippen LogP contribution in [0.1, 0.15) is 11.3 Å². The summed E-state index contributed by atoms with van der Waals surface area (Å²) in [6.07, 6.45) is 2.97. The number of thiocarbonyl (C=S) groups is 1. The molecule has 0 atom stereocenters. The molecular weight excluding hydrogens is 284 g/mol. The molecule has 0 spiro atoms. The molecule has 0 aliphatic carbocycles. The minimum Gasteiger partial charge on any atom is -0.388 e. The van der Waals surface area contributed by atoms with Gasteiger partial charge in [-0.05, 0) is 18.2 Å². The van der Waals surface area contributed by atoms with Crippen molar-refractivity contribution in [2.24, 2.45) is 5.73 Å². The summed E-state index contributed by atoms with van der Waals surface area (Å²) in [5.41, 5.74) is 7.81. The summed E-state index contributed by atoms with van der Waals surface area (Å²) in [6.45, 7) is 0.446. The third-order valence-electron chi connectivity index (χ3n) is 3.21. The van der Waals surface area contributed by atoms with Crippen LogP contribution in [0.5, 0.6) is 0 Å². The molecule has 0 radical (unpaired) electrons. The maximum absolute atomic E-state index is 11.8. The number of rotatable bonds is 3. The molecule has 5 nitrogen and oxygen atoms in total. The van der Waals surface area contributed by atoms with Crippen molar-refractivity contribution in [3.05, 3.63) is 70.3 Å². The van der Waals surface area contributed by atoms with Crippen LogP contribution in [0.2, 0.25) is 0 Å². The van der Waals surface area contributed by atoms with Crippen LogP contribution in [0.25, 0.3) is 10.9 Å². The van der Waals surface area contributed by atoms with Gasteiger partial charge in [-0.1, -0.05) is 30.4 Å². The van der Waals surface area contributed by atoms with E-state index >= 15 is 0 Å². The Balaban J connectivity index is 2.14. The van der Waals surface area contributed by atoms with Crippen molar-refractivity contribution in [1.29, 1.82) is 0 Å². The third-order valence-corrected chi connectivity index (χ3v) is 3.40. The second kappa shape index (κ2) is 5.41. The molecule has 2 aromatic heterocycles. The molecule has 21 heavy (non-hydrogen) atoms. The van der Waals surface area contributed by atoms with E-state index in [1.165, 1.54) is 6.20 Å². The van der Waals surface area contributed by atoms with Crippen molar-refractivity contribution in [2.75, 3.05) is 0 Å². The van der Waals surface area contributed by atoms with Crippen LogP contribution in [0, 0.1) is 0 Å². The van der Waals surface area contributed by atoms with Crippen LogP contribution < -0.4 is 11.2 Å². The number of hydrogen-bond donors (Lipinski definition) is 1. The number of fused-ring (bicyclic) bond motifs is 1. The van der Waals surface area contributed by atoms with Gasteiger partial charge in [-0.3, -0.25) is 14.5 Å². The average Bonchev–Trinajstić information content (AvgIpc) is 2.51. The Morgan fingerprint density at radius 2 is 2.05 bits per heavy atom. The largest absolute Gasteiger partial charge is 0.388 e. The van der Waals surface area contributed by atoms with Crippen LogP contribution in [-0.4, -0.2) is 19.8 Å². The highest BCUT2D eigenvalue weighted by Crippen LogP contribution is 2.12. The lowest BCUT2D eigenvalue weighted by Gasteiger charge is -2.11. The van der Waals surface area contributed by atoms with Crippen LogP contribution in [-0.2, 0) is 6.54 Å². The van der Waals surface area contributed by atoms with E-state index in [1.807, 2.05) is 30.3 Å². The standard InChI is InChI=1S/C15H12N4OS/c16-15(21)14-10(4-3-7-17-14)9-19-12-6-2-1-5-11(12)13(20)8-18-19/h1-8H,9H2,(H2,16,21). The Hall–Kier alpha value is -2.60. The quantitative estimate of drug-likeness (QED) is 0.741. The van der Waals surface area contributed by atoms with E-state index in [-0.39, 0.29) is 10.4 Å². The fourth-order valence-electron chi connectivity index (χ4n) is 2.24. The predicted molar refractivity (Wildman–Crippen MR) is 85.2 cm³/mol. The van der Waals surface area contributed by atoms with E-state index in [1.54, 1.807) is 16.9 Å². The van der Waals surface area contributed by atoms with Gasteiger partial charge in [0.25, 0.3) is 0 Å². The highest BCUT2D eigenvalue weighted by Gasteiger charge is 2.09. The van der Waals surface area contributed by atoms with Gasteiger partial charge in [0.15, 0.2) is 0 Å². The molecule has 0 bridgehead atoms. The summed E-state index contributed by atoms with van der Waals surface area (Å²) < 4.78 is 1.75. The van der Waals surface area contributed by atoms with Crippen molar-refractivity contribution in [3.63, 3.8) is 0 Å². The fraction of sp³-hybridized carbons (Fsp3) is 0.0667. The van der Waals surface area contributed by atoms with E-state index in [4.69, 9.17) is 18.0 Å². The van der Waals surface area contributed by atoms with Crippen molar-refractivity contribution in [1.82, 2.24) is 14.8 Å². The number of nitrogens with two attached hydrogens (primary N) is 1. The third kappa shape index (κ3) is 2.53. The van der Waals surface area contributed by atoms with Gasteiger partial charge in [-0.2, -0.15) is 5.10 Å². The number of hydrogen-bond acceptors (Lipinski definition) is 4. The molecule has 0 saturated heterocycles. The molecule has 3 rings (SSSR count). The summed E-state index contributed by atoms with van der Waals surface area (Å²) in [5.74, 6) is 0. The van der Waals surface area contributed by atoms with Gasteiger partial charge in [0.05, 0.1) is 18.3 Å². The molecular formula is C15H12N4OS. The van der Waals surface area contributed by atoms with E-state index in [2.05, 4.69) is 10.1 Å². The summed E-state index contributed by atoms with van der Waals surface area (Å²) in [7, 11) is 0. The summed E-state index contributed by atoms with van der Waals surface area (Å²) >= 11 is 5.02. The fourth-order valence-corrected chi connectivity index (χ4v) is 2.42. The van der Waals surface area contributed by atoms with Gasteiger partial charge >= 0.3 is 0 Å². The molecule has 104 valence electrons. The van der Waals surface area contributed by atoms with Gasteiger partial charge < -0.3 is 5.73 Å². The minimum absolute atomic E-state index is 0.0948. The molecule has 0 unspecified atom stereocenters. The monoisotopic (exact) mass is 296 g/mol. The Kier molecular flexibility index (Phi) is 3.45. The Morgan fingerprint density at radius 3 is 2.86 bits per heavy atom. The lowest BCUT2D eigenvalue weighted by atomic mass is 10.1. The summed E-state index contributed by atoms with van der Waals surface area (Å²) in [6, 6.07) is 11.1. The van der Waals surface area contributed by atoms with Gasteiger partial charge in [0, 0.05) is 17.1 Å². The highest BCUT2D eigenvalue weighted by atomic mass is 32.1. The molecule has 0 aliphatic heterocycles. The van der Waals surface area contributed by atoms with Crippen LogP contribution in [0.3, 0.4) is 0 Å². The summed E-state index contributed by atoms with van der Waals surface area (Å²) in [5, 5.41) is 4.83. The lowest BCUT2D eigenvalue weighted by molar-refractivity contribution is 0.692. The first-order valence-corrected chi connectivity index (χ1v) is 6.76. The molecule has 1 aromatic carbocycles. The molecule has 0 amide bonds. The first-order chi connectivity index (χ1) is 10.2. The van der Waals surface area contributed by atoms with Crippen LogP contribution >= 0.6 is 12.2 Å². The van der Waals surface area contributed by atoms with Crippen molar-refractivity contribution in [2.45, 2.75) is 6.54 Å². The maximum Gasteiger partial charge on any atom is 0.207 e. The SMILES string of the molecule is NC(=S)c1ncccc1Cn1ncc(=O)c2ccccc21. The lowest BCUT2D eigenvalue weighted by Crippen LogP contribution is -2.18. The predicted octanol–water partition coefficient (Wildman–Crippen LogP) is 1.47. The zero-order chi connectivity index (χ0) is 14.8. The molecule has 6 heteroatoms. The number of para-hydroxylation sites is 1. The van der Waals surface area contributed by atoms with Gasteiger partial charge in [-0.15, -0.1) is 0 Å². The van der Waals surface area contributed by atoms with E-state index in [9.17, 15) is 4.79 Å². The molecule has 0 saturated carbocycles.